The molecule has 1 atom stereocenters. The summed E-state index contributed by atoms with van der Waals surface area (Å²) < 4.78 is 0. The van der Waals surface area contributed by atoms with E-state index >= 15 is 0 Å². The van der Waals surface area contributed by atoms with E-state index in [1.54, 1.807) is 6.20 Å². The first kappa shape index (κ1) is 15.5. The largest absolute Gasteiger partial charge is 0.370 e. The third-order valence-electron chi connectivity index (χ3n) is 4.32. The van der Waals surface area contributed by atoms with Crippen LogP contribution >= 0.6 is 0 Å². The second-order valence-corrected chi connectivity index (χ2v) is 6.45. The summed E-state index contributed by atoms with van der Waals surface area (Å²) in [4.78, 5) is 19.0. The fraction of sp³-hybridized carbons (Fsp3) is 0.368. The van der Waals surface area contributed by atoms with Gasteiger partial charge in [0.05, 0.1) is 17.4 Å². The van der Waals surface area contributed by atoms with Crippen LogP contribution in [0, 0.1) is 12.8 Å². The van der Waals surface area contributed by atoms with Crippen molar-refractivity contribution in [1.29, 1.82) is 0 Å². The van der Waals surface area contributed by atoms with Crippen molar-refractivity contribution >= 4 is 17.3 Å². The van der Waals surface area contributed by atoms with Crippen LogP contribution in [-0.2, 0) is 0 Å². The fourth-order valence-corrected chi connectivity index (χ4v) is 2.99. The van der Waals surface area contributed by atoms with Gasteiger partial charge in [-0.05, 0) is 43.9 Å². The summed E-state index contributed by atoms with van der Waals surface area (Å²) in [5.41, 5.74) is 3.61. The van der Waals surface area contributed by atoms with Gasteiger partial charge >= 0.3 is 0 Å². The molecule has 1 aliphatic heterocycles. The molecule has 1 fully saturated rings. The molecular formula is C19H23N3O. The molecule has 0 bridgehead atoms. The minimum atomic E-state index is -0.117. The van der Waals surface area contributed by atoms with E-state index in [2.05, 4.69) is 22.1 Å². The van der Waals surface area contributed by atoms with Crippen molar-refractivity contribution < 1.29 is 4.79 Å². The van der Waals surface area contributed by atoms with Crippen molar-refractivity contribution in [2.75, 3.05) is 23.3 Å². The van der Waals surface area contributed by atoms with Crippen LogP contribution in [-0.4, -0.2) is 24.0 Å². The van der Waals surface area contributed by atoms with Crippen LogP contribution in [0.5, 0.6) is 0 Å². The van der Waals surface area contributed by atoms with Crippen LogP contribution in [0.3, 0.4) is 0 Å². The van der Waals surface area contributed by atoms with E-state index in [0.29, 0.717) is 11.5 Å². The molecule has 1 saturated heterocycles. The molecule has 1 amide bonds. The average molecular weight is 309 g/mol. The summed E-state index contributed by atoms with van der Waals surface area (Å²) in [6.45, 7) is 6.37. The molecule has 23 heavy (non-hydrogen) atoms. The van der Waals surface area contributed by atoms with Crippen LogP contribution in [0.2, 0.25) is 0 Å². The first-order valence-electron chi connectivity index (χ1n) is 8.20. The monoisotopic (exact) mass is 309 g/mol. The van der Waals surface area contributed by atoms with E-state index in [1.807, 2.05) is 43.5 Å². The number of benzene rings is 1. The van der Waals surface area contributed by atoms with Crippen molar-refractivity contribution in [3.63, 3.8) is 0 Å². The highest BCUT2D eigenvalue weighted by molar-refractivity contribution is 6.04. The number of piperidine rings is 1. The molecule has 0 spiro atoms. The van der Waals surface area contributed by atoms with Gasteiger partial charge in [-0.3, -0.25) is 9.78 Å². The summed E-state index contributed by atoms with van der Waals surface area (Å²) in [6.07, 6.45) is 5.94. The number of aromatic nitrogens is 1. The molecule has 4 heteroatoms. The number of amides is 1. The zero-order chi connectivity index (χ0) is 16.2. The van der Waals surface area contributed by atoms with Crippen LogP contribution < -0.4 is 10.2 Å². The lowest BCUT2D eigenvalue weighted by atomic mass is 10.00. The molecule has 4 nitrogen and oxygen atoms in total. The molecule has 2 aromatic rings. The number of nitrogens with one attached hydrogen (secondary N) is 1. The standard InChI is InChI=1S/C19H23N3O/c1-14-5-7-17(8-6-14)21-19(23)16-10-18(12-20-11-16)22-9-3-4-15(2)13-22/h5-8,10-12,15H,3-4,9,13H2,1-2H3,(H,21,23). The van der Waals surface area contributed by atoms with Crippen LogP contribution in [0.4, 0.5) is 11.4 Å². The van der Waals surface area contributed by atoms with Crippen LogP contribution in [0.1, 0.15) is 35.7 Å². The van der Waals surface area contributed by atoms with Gasteiger partial charge in [-0.1, -0.05) is 24.6 Å². The molecule has 0 aliphatic carbocycles. The van der Waals surface area contributed by atoms with Gasteiger partial charge in [-0.2, -0.15) is 0 Å². The summed E-state index contributed by atoms with van der Waals surface area (Å²) in [7, 11) is 0. The van der Waals surface area contributed by atoms with Gasteiger partial charge in [0.2, 0.25) is 0 Å². The lowest BCUT2D eigenvalue weighted by Gasteiger charge is -2.32. The Kier molecular flexibility index (Phi) is 4.60. The summed E-state index contributed by atoms with van der Waals surface area (Å²) in [6, 6.07) is 9.74. The van der Waals surface area contributed by atoms with Gasteiger partial charge in [0.15, 0.2) is 0 Å². The molecule has 1 unspecified atom stereocenters. The zero-order valence-corrected chi connectivity index (χ0v) is 13.7. The molecule has 1 aliphatic rings. The number of carbonyl (C=O) groups is 1. The first-order valence-corrected chi connectivity index (χ1v) is 8.20. The molecule has 2 heterocycles. The maximum Gasteiger partial charge on any atom is 0.257 e. The van der Waals surface area contributed by atoms with Gasteiger partial charge in [-0.25, -0.2) is 0 Å². The van der Waals surface area contributed by atoms with E-state index in [9.17, 15) is 4.79 Å². The van der Waals surface area contributed by atoms with Crippen molar-refractivity contribution in [3.05, 3.63) is 53.9 Å². The Hall–Kier alpha value is -2.36. The number of carbonyl (C=O) groups excluding carboxylic acids is 1. The highest BCUT2D eigenvalue weighted by Crippen LogP contribution is 2.23. The molecule has 1 N–H and O–H groups in total. The summed E-state index contributed by atoms with van der Waals surface area (Å²) >= 11 is 0. The number of pyridine rings is 1. The van der Waals surface area contributed by atoms with E-state index in [1.165, 1.54) is 18.4 Å². The SMILES string of the molecule is Cc1ccc(NC(=O)c2cncc(N3CCCC(C)C3)c2)cc1. The van der Waals surface area contributed by atoms with E-state index in [-0.39, 0.29) is 5.91 Å². The van der Waals surface area contributed by atoms with Gasteiger partial charge in [0.25, 0.3) is 5.91 Å². The fourth-order valence-electron chi connectivity index (χ4n) is 2.99. The molecule has 3 rings (SSSR count). The minimum absolute atomic E-state index is 0.117. The Labute approximate surface area is 137 Å². The average Bonchev–Trinajstić information content (AvgIpc) is 2.57. The Morgan fingerprint density at radius 2 is 2.04 bits per heavy atom. The summed E-state index contributed by atoms with van der Waals surface area (Å²) in [5, 5.41) is 2.93. The highest BCUT2D eigenvalue weighted by Gasteiger charge is 2.18. The van der Waals surface area contributed by atoms with Crippen LogP contribution in [0.15, 0.2) is 42.7 Å². The topological polar surface area (TPSA) is 45.2 Å². The third kappa shape index (κ3) is 3.89. The van der Waals surface area contributed by atoms with Crippen LogP contribution in [0.25, 0.3) is 0 Å². The summed E-state index contributed by atoms with van der Waals surface area (Å²) in [5.74, 6) is 0.571. The molecule has 1 aromatic heterocycles. The molecular weight excluding hydrogens is 286 g/mol. The third-order valence-corrected chi connectivity index (χ3v) is 4.32. The second-order valence-electron chi connectivity index (χ2n) is 6.45. The minimum Gasteiger partial charge on any atom is -0.370 e. The van der Waals surface area contributed by atoms with E-state index in [0.717, 1.165) is 24.5 Å². The number of nitrogens with zero attached hydrogens (tertiary/aromatic N) is 2. The highest BCUT2D eigenvalue weighted by atomic mass is 16.1. The lowest BCUT2D eigenvalue weighted by molar-refractivity contribution is 0.102. The number of anilines is 2. The Bertz CT molecular complexity index is 681. The van der Waals surface area contributed by atoms with Crippen molar-refractivity contribution in [1.82, 2.24) is 4.98 Å². The number of hydrogen-bond donors (Lipinski definition) is 1. The predicted molar refractivity (Wildman–Crippen MR) is 94.0 cm³/mol. The van der Waals surface area contributed by atoms with Crippen molar-refractivity contribution in [3.8, 4) is 0 Å². The maximum atomic E-state index is 12.4. The second kappa shape index (κ2) is 6.82. The zero-order valence-electron chi connectivity index (χ0n) is 13.7. The predicted octanol–water partition coefficient (Wildman–Crippen LogP) is 3.88. The lowest BCUT2D eigenvalue weighted by Crippen LogP contribution is -2.34. The number of aryl methyl sites for hydroxylation is 1. The van der Waals surface area contributed by atoms with Gasteiger partial charge in [0, 0.05) is 25.0 Å². The Balaban J connectivity index is 1.73. The Morgan fingerprint density at radius 1 is 1.26 bits per heavy atom. The number of rotatable bonds is 3. The first-order chi connectivity index (χ1) is 11.1. The number of hydrogen-bond acceptors (Lipinski definition) is 3. The van der Waals surface area contributed by atoms with Crippen molar-refractivity contribution in [2.24, 2.45) is 5.92 Å². The smallest absolute Gasteiger partial charge is 0.257 e. The molecule has 120 valence electrons. The van der Waals surface area contributed by atoms with E-state index < -0.39 is 0 Å². The molecule has 1 aromatic carbocycles. The molecule has 0 saturated carbocycles. The normalized spacial score (nSPS) is 17.8. The Morgan fingerprint density at radius 3 is 2.78 bits per heavy atom. The molecule has 0 radical (unpaired) electrons. The quantitative estimate of drug-likeness (QED) is 0.936. The van der Waals surface area contributed by atoms with Gasteiger partial charge in [0.1, 0.15) is 0 Å². The van der Waals surface area contributed by atoms with Crippen molar-refractivity contribution in [2.45, 2.75) is 26.7 Å². The van der Waals surface area contributed by atoms with E-state index in [4.69, 9.17) is 0 Å². The van der Waals surface area contributed by atoms with Gasteiger partial charge < -0.3 is 10.2 Å². The van der Waals surface area contributed by atoms with Gasteiger partial charge in [-0.15, -0.1) is 0 Å². The maximum absolute atomic E-state index is 12.4.